The van der Waals surface area contributed by atoms with Gasteiger partial charge in [0, 0.05) is 18.5 Å². The summed E-state index contributed by atoms with van der Waals surface area (Å²) in [6, 6.07) is 9.41. The van der Waals surface area contributed by atoms with Crippen LogP contribution >= 0.6 is 12.2 Å². The Morgan fingerprint density at radius 3 is 2.63 bits per heavy atom. The Morgan fingerprint density at radius 1 is 1.37 bits per heavy atom. The molecule has 0 fully saturated rings. The predicted octanol–water partition coefficient (Wildman–Crippen LogP) is 3.63. The fraction of sp³-hybridized carbons (Fsp3) is 0.333. The normalized spacial score (nSPS) is 19.4. The van der Waals surface area contributed by atoms with Crippen LogP contribution in [0.25, 0.3) is 0 Å². The quantitative estimate of drug-likeness (QED) is 0.827. The van der Waals surface area contributed by atoms with E-state index < -0.39 is 0 Å². The number of hydrogen-bond donors (Lipinski definition) is 2. The molecule has 1 atom stereocenters. The van der Waals surface area contributed by atoms with E-state index in [2.05, 4.69) is 5.32 Å². The average Bonchev–Trinajstić information content (AvgIpc) is 2.38. The number of ketones is 1. The minimum Gasteiger partial charge on any atom is -0.511 e. The second kappa shape index (κ2) is 5.97. The van der Waals surface area contributed by atoms with E-state index in [4.69, 9.17) is 12.2 Å². The third-order valence-corrected chi connectivity index (χ3v) is 3.67. The molecule has 0 bridgehead atoms. The predicted molar refractivity (Wildman–Crippen MR) is 80.3 cm³/mol. The first-order valence-corrected chi connectivity index (χ1v) is 6.84. The largest absolute Gasteiger partial charge is 0.511 e. The van der Waals surface area contributed by atoms with Crippen LogP contribution < -0.4 is 5.32 Å². The van der Waals surface area contributed by atoms with E-state index in [-0.39, 0.29) is 23.0 Å². The number of thiocarbonyl (C=S) groups is 1. The molecule has 0 aromatic heterocycles. The van der Waals surface area contributed by atoms with E-state index >= 15 is 0 Å². The molecule has 0 aliphatic heterocycles. The molecule has 0 amide bonds. The van der Waals surface area contributed by atoms with E-state index in [1.54, 1.807) is 0 Å². The lowest BCUT2D eigenvalue weighted by Crippen LogP contribution is -2.27. The maximum Gasteiger partial charge on any atom is 0.169 e. The summed E-state index contributed by atoms with van der Waals surface area (Å²) in [6.45, 7) is 2.02. The van der Waals surface area contributed by atoms with Crippen molar-refractivity contribution in [3.63, 3.8) is 0 Å². The Morgan fingerprint density at radius 2 is 2.05 bits per heavy atom. The first-order chi connectivity index (χ1) is 9.11. The highest BCUT2D eigenvalue weighted by Crippen LogP contribution is 2.28. The van der Waals surface area contributed by atoms with Crippen molar-refractivity contribution in [3.05, 3.63) is 41.7 Å². The first-order valence-electron chi connectivity index (χ1n) is 6.43. The van der Waals surface area contributed by atoms with Gasteiger partial charge in [0.1, 0.15) is 10.7 Å². The lowest BCUT2D eigenvalue weighted by Gasteiger charge is -2.23. The number of carbonyl (C=O) groups excluding carboxylic acids is 1. The molecule has 19 heavy (non-hydrogen) atoms. The minimum atomic E-state index is -0.0657. The second-order valence-electron chi connectivity index (χ2n) is 4.75. The number of aliphatic hydroxyl groups excluding tert-OH is 1. The summed E-state index contributed by atoms with van der Waals surface area (Å²) in [5.74, 6) is 0.288. The van der Waals surface area contributed by atoms with Gasteiger partial charge in [-0.15, -0.1) is 0 Å². The van der Waals surface area contributed by atoms with Crippen molar-refractivity contribution in [2.75, 3.05) is 5.32 Å². The number of allylic oxidation sites excluding steroid dienone is 1. The van der Waals surface area contributed by atoms with Crippen LogP contribution in [0, 0.1) is 5.92 Å². The maximum absolute atomic E-state index is 12.1. The maximum atomic E-state index is 12.1. The summed E-state index contributed by atoms with van der Waals surface area (Å²) in [5, 5.41) is 13.0. The smallest absolute Gasteiger partial charge is 0.169 e. The van der Waals surface area contributed by atoms with Gasteiger partial charge in [0.15, 0.2) is 5.78 Å². The van der Waals surface area contributed by atoms with Gasteiger partial charge in [0.05, 0.1) is 5.57 Å². The first kappa shape index (κ1) is 13.7. The van der Waals surface area contributed by atoms with Crippen LogP contribution in [0.4, 0.5) is 5.69 Å². The molecule has 1 aromatic rings. The van der Waals surface area contributed by atoms with E-state index in [0.29, 0.717) is 17.8 Å². The topological polar surface area (TPSA) is 49.3 Å². The lowest BCUT2D eigenvalue weighted by molar-refractivity contribution is -0.116. The number of carbonyl (C=O) groups is 1. The molecule has 0 heterocycles. The third-order valence-electron chi connectivity index (χ3n) is 3.36. The molecule has 1 aromatic carbocycles. The number of benzene rings is 1. The van der Waals surface area contributed by atoms with Gasteiger partial charge >= 0.3 is 0 Å². The summed E-state index contributed by atoms with van der Waals surface area (Å²) < 4.78 is 0. The monoisotopic (exact) mass is 275 g/mol. The van der Waals surface area contributed by atoms with Gasteiger partial charge in [-0.3, -0.25) is 4.79 Å². The number of nitrogens with one attached hydrogen (secondary N) is 1. The van der Waals surface area contributed by atoms with Gasteiger partial charge in [-0.1, -0.05) is 43.8 Å². The zero-order valence-corrected chi connectivity index (χ0v) is 11.7. The van der Waals surface area contributed by atoms with Crippen molar-refractivity contribution in [3.8, 4) is 0 Å². The SMILES string of the molecule is CC[C@H]1CC(=O)C(C(=S)Nc2ccccc2)=C(O)C1. The molecule has 0 saturated carbocycles. The van der Waals surface area contributed by atoms with Crippen molar-refractivity contribution in [2.45, 2.75) is 26.2 Å². The van der Waals surface area contributed by atoms with Crippen molar-refractivity contribution in [1.29, 1.82) is 0 Å². The Bertz CT molecular complexity index is 522. The molecule has 0 spiro atoms. The van der Waals surface area contributed by atoms with Crippen molar-refractivity contribution in [1.82, 2.24) is 0 Å². The highest BCUT2D eigenvalue weighted by molar-refractivity contribution is 7.81. The number of hydrogen-bond acceptors (Lipinski definition) is 3. The summed E-state index contributed by atoms with van der Waals surface area (Å²) in [7, 11) is 0. The van der Waals surface area contributed by atoms with Crippen LogP contribution in [-0.4, -0.2) is 15.9 Å². The molecule has 4 heteroatoms. The van der Waals surface area contributed by atoms with Crippen molar-refractivity contribution < 1.29 is 9.90 Å². The van der Waals surface area contributed by atoms with Crippen LogP contribution in [0.5, 0.6) is 0 Å². The molecule has 100 valence electrons. The second-order valence-corrected chi connectivity index (χ2v) is 5.16. The van der Waals surface area contributed by atoms with Crippen LogP contribution in [-0.2, 0) is 4.79 Å². The van der Waals surface area contributed by atoms with Crippen LogP contribution in [0.15, 0.2) is 41.7 Å². The molecule has 1 aliphatic carbocycles. The van der Waals surface area contributed by atoms with E-state index in [1.807, 2.05) is 37.3 Å². The summed E-state index contributed by atoms with van der Waals surface area (Å²) >= 11 is 5.24. The summed E-state index contributed by atoms with van der Waals surface area (Å²) in [4.78, 5) is 12.4. The van der Waals surface area contributed by atoms with E-state index in [0.717, 1.165) is 12.1 Å². The highest BCUT2D eigenvalue weighted by atomic mass is 32.1. The molecule has 0 unspecified atom stereocenters. The van der Waals surface area contributed by atoms with Gasteiger partial charge < -0.3 is 10.4 Å². The van der Waals surface area contributed by atoms with Crippen LogP contribution in [0.1, 0.15) is 26.2 Å². The minimum absolute atomic E-state index is 0.0657. The van der Waals surface area contributed by atoms with Gasteiger partial charge in [0.2, 0.25) is 0 Å². The average molecular weight is 275 g/mol. The molecule has 1 aliphatic rings. The number of rotatable bonds is 3. The standard InChI is InChI=1S/C15H17NO2S/c1-2-10-8-12(17)14(13(18)9-10)15(19)16-11-6-4-3-5-7-11/h3-7,10,17H,2,8-9H2,1H3,(H,16,19)/t10-/m1/s1. The number of para-hydroxylation sites is 1. The van der Waals surface area contributed by atoms with Gasteiger partial charge in [0.25, 0.3) is 0 Å². The Kier molecular flexibility index (Phi) is 4.32. The van der Waals surface area contributed by atoms with Crippen LogP contribution in [0.2, 0.25) is 0 Å². The summed E-state index contributed by atoms with van der Waals surface area (Å²) in [6.07, 6.45) is 1.89. The molecule has 3 nitrogen and oxygen atoms in total. The van der Waals surface area contributed by atoms with Gasteiger partial charge in [-0.25, -0.2) is 0 Å². The van der Waals surface area contributed by atoms with Crippen molar-refractivity contribution >= 4 is 28.7 Å². The van der Waals surface area contributed by atoms with E-state index in [1.165, 1.54) is 0 Å². The molecule has 2 N–H and O–H groups in total. The fourth-order valence-electron chi connectivity index (χ4n) is 2.23. The molecule has 0 saturated heterocycles. The Hall–Kier alpha value is -1.68. The molecular weight excluding hydrogens is 258 g/mol. The molecule has 0 radical (unpaired) electrons. The summed E-state index contributed by atoms with van der Waals surface area (Å²) in [5.41, 5.74) is 1.10. The van der Waals surface area contributed by atoms with Crippen LogP contribution in [0.3, 0.4) is 0 Å². The van der Waals surface area contributed by atoms with E-state index in [9.17, 15) is 9.90 Å². The number of anilines is 1. The fourth-order valence-corrected chi connectivity index (χ4v) is 2.58. The molecular formula is C15H17NO2S. The van der Waals surface area contributed by atoms with Crippen molar-refractivity contribution in [2.24, 2.45) is 5.92 Å². The zero-order valence-electron chi connectivity index (χ0n) is 10.8. The third kappa shape index (κ3) is 3.20. The highest BCUT2D eigenvalue weighted by Gasteiger charge is 2.29. The number of Topliss-reactive ketones (excluding diaryl/α,β-unsaturated/α-hetero) is 1. The lowest BCUT2D eigenvalue weighted by atomic mass is 9.85. The van der Waals surface area contributed by atoms with Gasteiger partial charge in [-0.05, 0) is 18.1 Å². The Labute approximate surface area is 118 Å². The van der Waals surface area contributed by atoms with Gasteiger partial charge in [-0.2, -0.15) is 0 Å². The molecule has 2 rings (SSSR count). The Balaban J connectivity index is 2.17. The zero-order chi connectivity index (χ0) is 13.8. The number of aliphatic hydroxyl groups is 1.